The van der Waals surface area contributed by atoms with Crippen LogP contribution in [0.15, 0.2) is 18.3 Å². The van der Waals surface area contributed by atoms with E-state index in [9.17, 15) is 18.0 Å². The zero-order valence-corrected chi connectivity index (χ0v) is 15.3. The highest BCUT2D eigenvalue weighted by Gasteiger charge is 2.30. The van der Waals surface area contributed by atoms with Gasteiger partial charge in [-0.3, -0.25) is 4.79 Å². The number of halogens is 3. The maximum Gasteiger partial charge on any atom is 0.417 e. The Hall–Kier alpha value is -1.39. The van der Waals surface area contributed by atoms with Crippen molar-refractivity contribution in [2.45, 2.75) is 32.2 Å². The smallest absolute Gasteiger partial charge is 0.372 e. The van der Waals surface area contributed by atoms with Gasteiger partial charge in [-0.25, -0.2) is 4.98 Å². The zero-order chi connectivity index (χ0) is 18.6. The first kappa shape index (κ1) is 19.9. The van der Waals surface area contributed by atoms with Gasteiger partial charge in [-0.2, -0.15) is 13.2 Å². The lowest BCUT2D eigenvalue weighted by Gasteiger charge is -2.36. The zero-order valence-electron chi connectivity index (χ0n) is 13.7. The lowest BCUT2D eigenvalue weighted by atomic mass is 10.2. The molecule has 2 rings (SSSR count). The van der Waals surface area contributed by atoms with Crippen LogP contribution in [0.25, 0.3) is 0 Å². The number of nitrogens with zero attached hydrogens (tertiary/aromatic N) is 2. The Bertz CT molecular complexity index is 615. The van der Waals surface area contributed by atoms with Crippen LogP contribution in [-0.4, -0.2) is 51.2 Å². The number of anilines is 1. The van der Waals surface area contributed by atoms with Crippen LogP contribution in [0.4, 0.5) is 19.0 Å². The van der Waals surface area contributed by atoms with Crippen molar-refractivity contribution < 1.29 is 22.7 Å². The second-order valence-corrected chi connectivity index (χ2v) is 7.30. The summed E-state index contributed by atoms with van der Waals surface area (Å²) in [7, 11) is 0. The molecule has 138 valence electrons. The summed E-state index contributed by atoms with van der Waals surface area (Å²) >= 11 is 6.54. The van der Waals surface area contributed by atoms with Gasteiger partial charge < -0.3 is 15.0 Å². The third-order valence-electron chi connectivity index (χ3n) is 3.36. The fourth-order valence-corrected chi connectivity index (χ4v) is 3.34. The summed E-state index contributed by atoms with van der Waals surface area (Å²) < 4.78 is 43.6. The molecule has 1 aromatic rings. The number of alkyl halides is 3. The first-order valence-corrected chi connectivity index (χ1v) is 8.95. The van der Waals surface area contributed by atoms with Gasteiger partial charge in [0.05, 0.1) is 23.5 Å². The van der Waals surface area contributed by atoms with E-state index in [0.717, 1.165) is 12.1 Å². The maximum atomic E-state index is 12.5. The summed E-state index contributed by atoms with van der Waals surface area (Å²) in [6.07, 6.45) is -3.64. The van der Waals surface area contributed by atoms with E-state index in [1.807, 2.05) is 18.7 Å². The van der Waals surface area contributed by atoms with E-state index in [0.29, 0.717) is 23.6 Å². The number of rotatable bonds is 3. The molecular formula is C15H18F3N3O2S2. The van der Waals surface area contributed by atoms with Gasteiger partial charge >= 0.3 is 6.18 Å². The van der Waals surface area contributed by atoms with E-state index in [1.54, 1.807) is 0 Å². The number of thioether (sulfide) groups is 1. The number of thiocarbonyl (C=S) groups is 1. The average Bonchev–Trinajstić information content (AvgIpc) is 2.51. The number of hydrogen-bond acceptors (Lipinski definition) is 5. The van der Waals surface area contributed by atoms with Crippen molar-refractivity contribution in [3.8, 4) is 0 Å². The van der Waals surface area contributed by atoms with Gasteiger partial charge in [0, 0.05) is 19.3 Å². The van der Waals surface area contributed by atoms with Crippen molar-refractivity contribution in [3.63, 3.8) is 0 Å². The van der Waals surface area contributed by atoms with E-state index >= 15 is 0 Å². The van der Waals surface area contributed by atoms with Crippen molar-refractivity contribution in [1.29, 1.82) is 0 Å². The van der Waals surface area contributed by atoms with Crippen molar-refractivity contribution in [1.82, 2.24) is 9.88 Å². The van der Waals surface area contributed by atoms with Crippen molar-refractivity contribution in [2.75, 3.05) is 24.2 Å². The number of nitrogens with one attached hydrogen (secondary N) is 1. The summed E-state index contributed by atoms with van der Waals surface area (Å²) in [4.78, 5) is 17.5. The molecule has 1 N–H and O–H groups in total. The summed E-state index contributed by atoms with van der Waals surface area (Å²) in [6, 6.07) is 1.99. The van der Waals surface area contributed by atoms with Crippen LogP contribution in [0, 0.1) is 0 Å². The minimum atomic E-state index is -4.45. The highest BCUT2D eigenvalue weighted by atomic mass is 32.2. The number of amides is 1. The third-order valence-corrected chi connectivity index (χ3v) is 4.89. The molecule has 0 aromatic carbocycles. The monoisotopic (exact) mass is 393 g/mol. The fourth-order valence-electron chi connectivity index (χ4n) is 2.36. The van der Waals surface area contributed by atoms with E-state index in [4.69, 9.17) is 17.0 Å². The van der Waals surface area contributed by atoms with Crippen molar-refractivity contribution in [2.24, 2.45) is 0 Å². The lowest BCUT2D eigenvalue weighted by Crippen LogP contribution is -2.47. The van der Waals surface area contributed by atoms with Gasteiger partial charge in [-0.05, 0) is 26.0 Å². The summed E-state index contributed by atoms with van der Waals surface area (Å²) in [6.45, 7) is 5.24. The molecule has 0 saturated carbocycles. The molecule has 0 radical (unpaired) electrons. The molecule has 0 aliphatic carbocycles. The molecule has 1 fully saturated rings. The number of aromatic nitrogens is 1. The Morgan fingerprint density at radius 1 is 1.40 bits per heavy atom. The number of carbonyl (C=O) groups is 1. The maximum absolute atomic E-state index is 12.5. The van der Waals surface area contributed by atoms with Crippen LogP contribution in [-0.2, 0) is 15.7 Å². The normalized spacial score (nSPS) is 21.1. The quantitative estimate of drug-likeness (QED) is 0.797. The van der Waals surface area contributed by atoms with Crippen LogP contribution in [0.5, 0.6) is 0 Å². The molecule has 1 aliphatic rings. The van der Waals surface area contributed by atoms with Crippen LogP contribution < -0.4 is 5.32 Å². The van der Waals surface area contributed by atoms with Gasteiger partial charge in [-0.1, -0.05) is 24.0 Å². The molecule has 5 nitrogen and oxygen atoms in total. The third kappa shape index (κ3) is 6.12. The predicted octanol–water partition coefficient (Wildman–Crippen LogP) is 3.17. The molecule has 0 bridgehead atoms. The summed E-state index contributed by atoms with van der Waals surface area (Å²) in [5, 5.41) is 2.46. The average molecular weight is 393 g/mol. The first-order chi connectivity index (χ1) is 11.6. The van der Waals surface area contributed by atoms with Gasteiger partial charge in [-0.15, -0.1) is 0 Å². The van der Waals surface area contributed by atoms with Gasteiger partial charge in [0.15, 0.2) is 0 Å². The Labute approximate surface area is 153 Å². The highest BCUT2D eigenvalue weighted by Crippen LogP contribution is 2.28. The number of morpholine rings is 1. The molecule has 1 aliphatic heterocycles. The SMILES string of the molecule is C[C@H]1CN(C(=S)SCC(=O)Nc2ccc(C(F)(F)F)cn2)C[C@H](C)O1. The Morgan fingerprint density at radius 2 is 2.04 bits per heavy atom. The number of ether oxygens (including phenoxy) is 1. The highest BCUT2D eigenvalue weighted by molar-refractivity contribution is 8.23. The van der Waals surface area contributed by atoms with Crippen molar-refractivity contribution >= 4 is 40.0 Å². The topological polar surface area (TPSA) is 54.5 Å². The predicted molar refractivity (Wildman–Crippen MR) is 94.5 cm³/mol. The minimum absolute atomic E-state index is 0.0572. The minimum Gasteiger partial charge on any atom is -0.372 e. The lowest BCUT2D eigenvalue weighted by molar-refractivity contribution is -0.137. The Balaban J connectivity index is 1.81. The number of pyridine rings is 1. The molecule has 0 unspecified atom stereocenters. The van der Waals surface area contributed by atoms with E-state index in [-0.39, 0.29) is 29.7 Å². The molecule has 1 saturated heterocycles. The number of hydrogen-bond donors (Lipinski definition) is 1. The standard InChI is InChI=1S/C15H18F3N3O2S2/c1-9-6-21(7-10(2)23-9)14(24)25-8-13(22)20-12-4-3-11(5-19-12)15(16,17)18/h3-5,9-10H,6-8H2,1-2H3,(H,19,20,22)/t9-,10-/m0/s1. The van der Waals surface area contributed by atoms with Gasteiger partial charge in [0.2, 0.25) is 5.91 Å². The van der Waals surface area contributed by atoms with Gasteiger partial charge in [0.1, 0.15) is 10.1 Å². The van der Waals surface area contributed by atoms with E-state index in [1.165, 1.54) is 11.8 Å². The molecule has 0 spiro atoms. The largest absolute Gasteiger partial charge is 0.417 e. The van der Waals surface area contributed by atoms with Crippen LogP contribution in [0.1, 0.15) is 19.4 Å². The summed E-state index contributed by atoms with van der Waals surface area (Å²) in [5.41, 5.74) is -0.864. The Kier molecular flexibility index (Phi) is 6.64. The molecule has 25 heavy (non-hydrogen) atoms. The molecule has 2 atom stereocenters. The second-order valence-electron chi connectivity index (χ2n) is 5.69. The first-order valence-electron chi connectivity index (χ1n) is 7.55. The second kappa shape index (κ2) is 8.33. The molecule has 10 heteroatoms. The van der Waals surface area contributed by atoms with E-state index < -0.39 is 11.7 Å². The molecule has 2 heterocycles. The molecule has 1 aromatic heterocycles. The number of carbonyl (C=O) groups excluding carboxylic acids is 1. The summed E-state index contributed by atoms with van der Waals surface area (Å²) in [5.74, 6) is -0.256. The Morgan fingerprint density at radius 3 is 2.56 bits per heavy atom. The van der Waals surface area contributed by atoms with Crippen LogP contribution >= 0.6 is 24.0 Å². The van der Waals surface area contributed by atoms with E-state index in [2.05, 4.69) is 10.3 Å². The van der Waals surface area contributed by atoms with Crippen LogP contribution in [0.2, 0.25) is 0 Å². The van der Waals surface area contributed by atoms with Crippen molar-refractivity contribution in [3.05, 3.63) is 23.9 Å². The van der Waals surface area contributed by atoms with Gasteiger partial charge in [0.25, 0.3) is 0 Å². The molecular weight excluding hydrogens is 375 g/mol. The molecule has 1 amide bonds. The fraction of sp³-hybridized carbons (Fsp3) is 0.533. The van der Waals surface area contributed by atoms with Crippen LogP contribution in [0.3, 0.4) is 0 Å².